The summed E-state index contributed by atoms with van der Waals surface area (Å²) in [5.74, 6) is -0.0868. The molecule has 0 bridgehead atoms. The van der Waals surface area contributed by atoms with Crippen LogP contribution in [0.5, 0.6) is 5.88 Å². The summed E-state index contributed by atoms with van der Waals surface area (Å²) >= 11 is 0. The van der Waals surface area contributed by atoms with Gasteiger partial charge in [0.2, 0.25) is 10.0 Å². The molecule has 0 aromatic carbocycles. The zero-order chi connectivity index (χ0) is 19.5. The van der Waals surface area contributed by atoms with Crippen molar-refractivity contribution in [2.24, 2.45) is 0 Å². The summed E-state index contributed by atoms with van der Waals surface area (Å²) in [5.41, 5.74) is 0.724. The summed E-state index contributed by atoms with van der Waals surface area (Å²) in [6.45, 7) is 7.85. The molecule has 0 atom stereocenters. The first-order chi connectivity index (χ1) is 12.2. The first-order valence-corrected chi connectivity index (χ1v) is 9.57. The Morgan fingerprint density at radius 1 is 1.31 bits per heavy atom. The number of hydrogen-bond acceptors (Lipinski definition) is 7. The van der Waals surface area contributed by atoms with Crippen LogP contribution in [0.2, 0.25) is 0 Å². The average molecular weight is 386 g/mol. The van der Waals surface area contributed by atoms with E-state index in [1.165, 1.54) is 10.9 Å². The molecule has 2 rings (SSSR count). The van der Waals surface area contributed by atoms with E-state index in [-0.39, 0.29) is 36.2 Å². The van der Waals surface area contributed by atoms with Gasteiger partial charge in [0.25, 0.3) is 0 Å². The van der Waals surface area contributed by atoms with Crippen LogP contribution in [0.15, 0.2) is 11.1 Å². The number of nitrogens with zero attached hydrogens (tertiary/aromatic N) is 5. The largest absolute Gasteiger partial charge is 0.472 e. The maximum Gasteiger partial charge on any atom is 0.350 e. The summed E-state index contributed by atoms with van der Waals surface area (Å²) < 4.78 is 35.6. The van der Waals surface area contributed by atoms with Gasteiger partial charge in [-0.3, -0.25) is 19.5 Å². The van der Waals surface area contributed by atoms with Gasteiger partial charge < -0.3 is 4.74 Å². The van der Waals surface area contributed by atoms with Crippen molar-refractivity contribution in [3.8, 4) is 5.88 Å². The fourth-order valence-electron chi connectivity index (χ4n) is 2.62. The van der Waals surface area contributed by atoms with Gasteiger partial charge in [0.15, 0.2) is 0 Å². The van der Waals surface area contributed by atoms with Crippen molar-refractivity contribution < 1.29 is 18.1 Å². The fraction of sp³-hybridized carbons (Fsp3) is 0.571. The normalized spacial score (nSPS) is 11.7. The molecule has 1 N–H and O–H groups in total. The topological polar surface area (TPSA) is 134 Å². The molecule has 12 heteroatoms. The second kappa shape index (κ2) is 7.83. The Hall–Kier alpha value is -2.47. The van der Waals surface area contributed by atoms with Crippen LogP contribution in [-0.4, -0.2) is 46.1 Å². The Morgan fingerprint density at radius 2 is 2.00 bits per heavy atom. The van der Waals surface area contributed by atoms with Crippen molar-refractivity contribution in [1.82, 2.24) is 24.3 Å². The maximum absolute atomic E-state index is 12.5. The van der Waals surface area contributed by atoms with Gasteiger partial charge in [-0.15, -0.1) is 5.10 Å². The highest BCUT2D eigenvalue weighted by atomic mass is 32.2. The van der Waals surface area contributed by atoms with Crippen LogP contribution in [0.4, 0.5) is 5.69 Å². The molecule has 0 amide bonds. The van der Waals surface area contributed by atoms with Crippen molar-refractivity contribution in [3.05, 3.63) is 27.7 Å². The first kappa shape index (κ1) is 19.8. The zero-order valence-electron chi connectivity index (χ0n) is 15.1. The summed E-state index contributed by atoms with van der Waals surface area (Å²) in [5, 5.41) is 19.2. The van der Waals surface area contributed by atoms with E-state index in [1.54, 1.807) is 25.5 Å². The Balaban J connectivity index is 2.11. The molecule has 0 aliphatic heterocycles. The van der Waals surface area contributed by atoms with Crippen molar-refractivity contribution in [2.45, 2.75) is 45.7 Å². The molecule has 2 aromatic rings. The van der Waals surface area contributed by atoms with Gasteiger partial charge >= 0.3 is 11.6 Å². The molecule has 0 aliphatic carbocycles. The third-order valence-electron chi connectivity index (χ3n) is 3.70. The van der Waals surface area contributed by atoms with Crippen LogP contribution in [-0.2, 0) is 23.1 Å². The van der Waals surface area contributed by atoms with Crippen LogP contribution in [0, 0.1) is 24.0 Å². The number of aromatic nitrogens is 4. The SMILES string of the molecule is CCOc1nn(CCNS(=O)(=O)c2c(C)nn(CC)c2C)cc1[N+](=O)[O-]. The highest BCUT2D eigenvalue weighted by Crippen LogP contribution is 2.24. The fourth-order valence-corrected chi connectivity index (χ4v) is 4.04. The van der Waals surface area contributed by atoms with E-state index in [9.17, 15) is 18.5 Å². The number of ether oxygens (including phenoxy) is 1. The van der Waals surface area contributed by atoms with Gasteiger partial charge in [-0.2, -0.15) is 5.10 Å². The lowest BCUT2D eigenvalue weighted by Crippen LogP contribution is -2.28. The lowest BCUT2D eigenvalue weighted by atomic mass is 10.4. The highest BCUT2D eigenvalue weighted by Gasteiger charge is 2.24. The molecular weight excluding hydrogens is 364 g/mol. The van der Waals surface area contributed by atoms with E-state index in [0.29, 0.717) is 17.9 Å². The van der Waals surface area contributed by atoms with E-state index < -0.39 is 14.9 Å². The molecule has 0 saturated heterocycles. The molecule has 0 saturated carbocycles. The van der Waals surface area contributed by atoms with Crippen molar-refractivity contribution in [1.29, 1.82) is 0 Å². The Kier molecular flexibility index (Phi) is 5.97. The third kappa shape index (κ3) is 4.02. The predicted octanol–water partition coefficient (Wildman–Crippen LogP) is 1.00. The standard InChI is InChI=1S/C14H22N6O5S/c1-5-19-11(4)13(10(3)16-19)26(23,24)15-7-8-18-9-12(20(21)22)14(17-18)25-6-2/h9,15H,5-8H2,1-4H3. The minimum Gasteiger partial charge on any atom is -0.472 e. The summed E-state index contributed by atoms with van der Waals surface area (Å²) in [6, 6.07) is 0. The minimum atomic E-state index is -3.75. The second-order valence-electron chi connectivity index (χ2n) is 5.49. The van der Waals surface area contributed by atoms with Crippen molar-refractivity contribution in [2.75, 3.05) is 13.2 Å². The van der Waals surface area contributed by atoms with Crippen LogP contribution in [0.25, 0.3) is 0 Å². The highest BCUT2D eigenvalue weighted by molar-refractivity contribution is 7.89. The third-order valence-corrected chi connectivity index (χ3v) is 5.42. The smallest absolute Gasteiger partial charge is 0.350 e. The number of nitrogens with one attached hydrogen (secondary N) is 1. The molecule has 26 heavy (non-hydrogen) atoms. The zero-order valence-corrected chi connectivity index (χ0v) is 15.9. The number of aryl methyl sites for hydroxylation is 2. The molecule has 0 unspecified atom stereocenters. The van der Waals surface area contributed by atoms with Gasteiger partial charge in [0, 0.05) is 13.1 Å². The van der Waals surface area contributed by atoms with Gasteiger partial charge in [0.05, 0.1) is 29.5 Å². The lowest BCUT2D eigenvalue weighted by Gasteiger charge is -2.07. The van der Waals surface area contributed by atoms with E-state index in [2.05, 4.69) is 14.9 Å². The maximum atomic E-state index is 12.5. The number of nitro groups is 1. The Morgan fingerprint density at radius 3 is 2.54 bits per heavy atom. The molecule has 2 aromatic heterocycles. The van der Waals surface area contributed by atoms with Gasteiger partial charge in [-0.1, -0.05) is 0 Å². The molecular formula is C14H22N6O5S. The van der Waals surface area contributed by atoms with Crippen molar-refractivity contribution >= 4 is 15.7 Å². The van der Waals surface area contributed by atoms with Crippen LogP contribution < -0.4 is 9.46 Å². The van der Waals surface area contributed by atoms with Gasteiger partial charge in [-0.05, 0) is 27.7 Å². The molecule has 0 radical (unpaired) electrons. The van der Waals surface area contributed by atoms with E-state index in [4.69, 9.17) is 4.74 Å². The van der Waals surface area contributed by atoms with Crippen LogP contribution in [0.1, 0.15) is 25.2 Å². The Bertz CT molecular complexity index is 901. The predicted molar refractivity (Wildman–Crippen MR) is 92.6 cm³/mol. The first-order valence-electron chi connectivity index (χ1n) is 8.09. The summed E-state index contributed by atoms with van der Waals surface area (Å²) in [4.78, 5) is 10.5. The van der Waals surface area contributed by atoms with E-state index in [1.807, 2.05) is 6.92 Å². The van der Waals surface area contributed by atoms with E-state index in [0.717, 1.165) is 0 Å². The molecule has 11 nitrogen and oxygen atoms in total. The Labute approximate surface area is 151 Å². The summed E-state index contributed by atoms with van der Waals surface area (Å²) in [6.07, 6.45) is 1.21. The number of hydrogen-bond donors (Lipinski definition) is 1. The molecule has 144 valence electrons. The molecule has 2 heterocycles. The van der Waals surface area contributed by atoms with Crippen LogP contribution in [0.3, 0.4) is 0 Å². The second-order valence-corrected chi connectivity index (χ2v) is 7.19. The summed E-state index contributed by atoms with van der Waals surface area (Å²) in [7, 11) is -3.75. The van der Waals surface area contributed by atoms with Crippen molar-refractivity contribution in [3.63, 3.8) is 0 Å². The lowest BCUT2D eigenvalue weighted by molar-refractivity contribution is -0.385. The molecule has 0 aliphatic rings. The van der Waals surface area contributed by atoms with Gasteiger partial charge in [-0.25, -0.2) is 13.1 Å². The monoisotopic (exact) mass is 386 g/mol. The quantitative estimate of drug-likeness (QED) is 0.502. The minimum absolute atomic E-state index is 0.0168. The molecule has 0 spiro atoms. The molecule has 0 fully saturated rings. The van der Waals surface area contributed by atoms with Gasteiger partial charge in [0.1, 0.15) is 11.1 Å². The number of sulfonamides is 1. The number of rotatable bonds is 9. The average Bonchev–Trinajstić information content (AvgIpc) is 3.08. The van der Waals surface area contributed by atoms with E-state index >= 15 is 0 Å². The van der Waals surface area contributed by atoms with Crippen LogP contribution >= 0.6 is 0 Å².